The maximum atomic E-state index is 3.98. The number of nitrogens with zero attached hydrogens (tertiary/aromatic N) is 1. The Kier molecular flexibility index (Phi) is 3.47. The summed E-state index contributed by atoms with van der Waals surface area (Å²) >= 11 is 0. The predicted molar refractivity (Wildman–Crippen MR) is 49.5 cm³/mol. The van der Waals surface area contributed by atoms with E-state index in [9.17, 15) is 0 Å². The van der Waals surface area contributed by atoms with Gasteiger partial charge in [0.15, 0.2) is 0 Å². The van der Waals surface area contributed by atoms with Crippen molar-refractivity contribution in [2.24, 2.45) is 0 Å². The van der Waals surface area contributed by atoms with Crippen molar-refractivity contribution in [3.05, 3.63) is 12.3 Å². The molecular formula is C10H19N. The quantitative estimate of drug-likeness (QED) is 0.560. The smallest absolute Gasteiger partial charge is 0.0174 e. The van der Waals surface area contributed by atoms with Gasteiger partial charge in [0.1, 0.15) is 0 Å². The van der Waals surface area contributed by atoms with Crippen LogP contribution in [0.5, 0.6) is 0 Å². The molecular weight excluding hydrogens is 134 g/mol. The van der Waals surface area contributed by atoms with E-state index in [-0.39, 0.29) is 0 Å². The minimum Gasteiger partial charge on any atom is -0.376 e. The van der Waals surface area contributed by atoms with Crippen LogP contribution in [0.25, 0.3) is 0 Å². The van der Waals surface area contributed by atoms with Gasteiger partial charge in [0.25, 0.3) is 0 Å². The maximum Gasteiger partial charge on any atom is 0.0174 e. The number of rotatable bonds is 1. The first-order chi connectivity index (χ1) is 5.30. The molecule has 0 saturated carbocycles. The van der Waals surface area contributed by atoms with Gasteiger partial charge >= 0.3 is 0 Å². The van der Waals surface area contributed by atoms with E-state index in [1.807, 2.05) is 0 Å². The molecule has 1 aliphatic heterocycles. The van der Waals surface area contributed by atoms with Gasteiger partial charge in [-0.25, -0.2) is 0 Å². The lowest BCUT2D eigenvalue weighted by Gasteiger charge is -2.26. The lowest BCUT2D eigenvalue weighted by molar-refractivity contribution is 0.307. The van der Waals surface area contributed by atoms with Crippen molar-refractivity contribution in [1.29, 1.82) is 0 Å². The van der Waals surface area contributed by atoms with Crippen LogP contribution < -0.4 is 0 Å². The molecule has 0 aromatic carbocycles. The summed E-state index contributed by atoms with van der Waals surface area (Å²) in [7, 11) is 0. The fraction of sp³-hybridized carbons (Fsp3) is 0.800. The molecule has 0 aromatic rings. The van der Waals surface area contributed by atoms with Gasteiger partial charge in [-0.3, -0.25) is 0 Å². The van der Waals surface area contributed by atoms with Crippen LogP contribution in [0.4, 0.5) is 0 Å². The first-order valence-corrected chi connectivity index (χ1v) is 4.71. The van der Waals surface area contributed by atoms with Crippen molar-refractivity contribution in [3.8, 4) is 0 Å². The fourth-order valence-corrected chi connectivity index (χ4v) is 1.63. The predicted octanol–water partition coefficient (Wildman–Crippen LogP) is 2.79. The lowest BCUT2D eigenvalue weighted by Crippen LogP contribution is -2.24. The van der Waals surface area contributed by atoms with E-state index in [2.05, 4.69) is 18.4 Å². The second-order valence-corrected chi connectivity index (χ2v) is 3.49. The molecule has 11 heavy (non-hydrogen) atoms. The molecule has 1 aliphatic rings. The van der Waals surface area contributed by atoms with Crippen LogP contribution in [0.1, 0.15) is 39.0 Å². The maximum absolute atomic E-state index is 3.98. The van der Waals surface area contributed by atoms with Crippen molar-refractivity contribution < 1.29 is 0 Å². The molecule has 1 saturated heterocycles. The SMILES string of the molecule is C=C(C)N1CCCCCCC1. The lowest BCUT2D eigenvalue weighted by atomic mass is 10.1. The molecule has 0 amide bonds. The summed E-state index contributed by atoms with van der Waals surface area (Å²) in [6.07, 6.45) is 6.96. The highest BCUT2D eigenvalue weighted by atomic mass is 15.1. The van der Waals surface area contributed by atoms with Gasteiger partial charge < -0.3 is 4.90 Å². The average molecular weight is 153 g/mol. The van der Waals surface area contributed by atoms with Crippen molar-refractivity contribution in [2.75, 3.05) is 13.1 Å². The highest BCUT2D eigenvalue weighted by molar-refractivity contribution is 4.88. The zero-order chi connectivity index (χ0) is 8.10. The molecule has 1 fully saturated rings. The molecule has 0 N–H and O–H groups in total. The van der Waals surface area contributed by atoms with Crippen molar-refractivity contribution >= 4 is 0 Å². The third-order valence-corrected chi connectivity index (χ3v) is 2.40. The summed E-state index contributed by atoms with van der Waals surface area (Å²) in [5.74, 6) is 0. The second kappa shape index (κ2) is 4.42. The summed E-state index contributed by atoms with van der Waals surface area (Å²) in [5, 5.41) is 0. The van der Waals surface area contributed by atoms with Crippen LogP contribution in [-0.2, 0) is 0 Å². The van der Waals surface area contributed by atoms with E-state index < -0.39 is 0 Å². The van der Waals surface area contributed by atoms with Crippen molar-refractivity contribution in [3.63, 3.8) is 0 Å². The van der Waals surface area contributed by atoms with Crippen LogP contribution in [0.2, 0.25) is 0 Å². The largest absolute Gasteiger partial charge is 0.376 e. The highest BCUT2D eigenvalue weighted by Gasteiger charge is 2.05. The third kappa shape index (κ3) is 2.96. The van der Waals surface area contributed by atoms with E-state index in [1.165, 1.54) is 50.9 Å². The Bertz CT molecular complexity index is 121. The molecule has 1 heterocycles. The van der Waals surface area contributed by atoms with Crippen LogP contribution in [0.3, 0.4) is 0 Å². The summed E-state index contributed by atoms with van der Waals surface area (Å²) in [6, 6.07) is 0. The molecule has 0 aromatic heterocycles. The Morgan fingerprint density at radius 3 is 1.91 bits per heavy atom. The standard InChI is InChI=1S/C10H19N/c1-10(2)11-8-6-4-3-5-7-9-11/h1,3-9H2,2H3. The first-order valence-electron chi connectivity index (χ1n) is 4.71. The second-order valence-electron chi connectivity index (χ2n) is 3.49. The number of hydrogen-bond donors (Lipinski definition) is 0. The minimum atomic E-state index is 1.23. The molecule has 0 spiro atoms. The fourth-order valence-electron chi connectivity index (χ4n) is 1.63. The van der Waals surface area contributed by atoms with E-state index in [1.54, 1.807) is 0 Å². The zero-order valence-corrected chi connectivity index (χ0v) is 7.60. The Morgan fingerprint density at radius 1 is 1.00 bits per heavy atom. The zero-order valence-electron chi connectivity index (χ0n) is 7.60. The van der Waals surface area contributed by atoms with Gasteiger partial charge in [0, 0.05) is 18.8 Å². The van der Waals surface area contributed by atoms with Gasteiger partial charge in [-0.15, -0.1) is 0 Å². The molecule has 0 bridgehead atoms. The van der Waals surface area contributed by atoms with Crippen LogP contribution >= 0.6 is 0 Å². The van der Waals surface area contributed by atoms with E-state index in [4.69, 9.17) is 0 Å². The average Bonchev–Trinajstić information content (AvgIpc) is 1.84. The molecule has 0 aliphatic carbocycles. The highest BCUT2D eigenvalue weighted by Crippen LogP contribution is 2.12. The normalized spacial score (nSPS) is 20.6. The minimum absolute atomic E-state index is 1.23. The van der Waals surface area contributed by atoms with Crippen molar-refractivity contribution in [1.82, 2.24) is 4.90 Å². The Balaban J connectivity index is 2.32. The summed E-state index contributed by atoms with van der Waals surface area (Å²) in [4.78, 5) is 2.42. The van der Waals surface area contributed by atoms with Crippen LogP contribution in [0, 0.1) is 0 Å². The summed E-state index contributed by atoms with van der Waals surface area (Å²) in [5.41, 5.74) is 1.24. The summed E-state index contributed by atoms with van der Waals surface area (Å²) in [6.45, 7) is 8.55. The Labute approximate surface area is 70.1 Å². The van der Waals surface area contributed by atoms with Gasteiger partial charge in [-0.05, 0) is 19.8 Å². The van der Waals surface area contributed by atoms with Gasteiger partial charge in [-0.2, -0.15) is 0 Å². The molecule has 0 radical (unpaired) electrons. The number of likely N-dealkylation sites (tertiary alicyclic amines) is 1. The molecule has 1 heteroatoms. The monoisotopic (exact) mass is 153 g/mol. The van der Waals surface area contributed by atoms with Gasteiger partial charge in [0.05, 0.1) is 0 Å². The van der Waals surface area contributed by atoms with Crippen molar-refractivity contribution in [2.45, 2.75) is 39.0 Å². The molecule has 0 atom stereocenters. The van der Waals surface area contributed by atoms with Crippen LogP contribution in [0.15, 0.2) is 12.3 Å². The van der Waals surface area contributed by atoms with E-state index in [0.717, 1.165) is 0 Å². The van der Waals surface area contributed by atoms with Crippen LogP contribution in [-0.4, -0.2) is 18.0 Å². The van der Waals surface area contributed by atoms with Gasteiger partial charge in [-0.1, -0.05) is 25.8 Å². The molecule has 1 nitrogen and oxygen atoms in total. The third-order valence-electron chi connectivity index (χ3n) is 2.40. The Hall–Kier alpha value is -0.460. The number of hydrogen-bond acceptors (Lipinski definition) is 1. The molecule has 1 rings (SSSR count). The first kappa shape index (κ1) is 8.63. The number of allylic oxidation sites excluding steroid dienone is 1. The Morgan fingerprint density at radius 2 is 1.45 bits per heavy atom. The van der Waals surface area contributed by atoms with Gasteiger partial charge in [0.2, 0.25) is 0 Å². The topological polar surface area (TPSA) is 3.24 Å². The molecule has 64 valence electrons. The summed E-state index contributed by atoms with van der Waals surface area (Å²) < 4.78 is 0. The van der Waals surface area contributed by atoms with E-state index in [0.29, 0.717) is 0 Å². The van der Waals surface area contributed by atoms with E-state index >= 15 is 0 Å². The molecule has 0 unspecified atom stereocenters.